The molecule has 0 bridgehead atoms. The van der Waals surface area contributed by atoms with Gasteiger partial charge in [-0.05, 0) is 12.2 Å². The number of hydrogen-bond donors (Lipinski definition) is 0. The van der Waals surface area contributed by atoms with Crippen LogP contribution in [0.2, 0.25) is 0 Å². The molecule has 0 spiro atoms. The maximum Gasteiger partial charge on any atom is 0.501 e. The Labute approximate surface area is 166 Å². The average Bonchev–Trinajstić information content (AvgIpc) is 2.50. The standard InChI is InChI=1S/C10H6F9NO8S3/c11-8(12,13)29(23,24)4-1-6(30(25,26)9(14,15)16)5(3-20(21)22)7(2-4)31(27,28)10(17,18)19/h1-2,4-5H,3H2. The molecule has 180 valence electrons. The van der Waals surface area contributed by atoms with Crippen molar-refractivity contribution in [2.75, 3.05) is 6.54 Å². The second kappa shape index (κ2) is 7.60. The molecule has 0 aliphatic heterocycles. The van der Waals surface area contributed by atoms with Crippen LogP contribution in [0.5, 0.6) is 0 Å². The van der Waals surface area contributed by atoms with Gasteiger partial charge in [-0.1, -0.05) is 0 Å². The first-order valence-corrected chi connectivity index (χ1v) is 11.4. The van der Waals surface area contributed by atoms with Crippen molar-refractivity contribution in [1.29, 1.82) is 0 Å². The van der Waals surface area contributed by atoms with Crippen LogP contribution < -0.4 is 0 Å². The number of nitro groups is 1. The smallest absolute Gasteiger partial charge is 0.265 e. The van der Waals surface area contributed by atoms with Gasteiger partial charge in [0.25, 0.3) is 29.5 Å². The second-order valence-electron chi connectivity index (χ2n) is 5.56. The van der Waals surface area contributed by atoms with Gasteiger partial charge in [-0.2, -0.15) is 39.5 Å². The van der Waals surface area contributed by atoms with Gasteiger partial charge in [-0.3, -0.25) is 10.1 Å². The van der Waals surface area contributed by atoms with Crippen molar-refractivity contribution in [1.82, 2.24) is 0 Å². The highest BCUT2D eigenvalue weighted by molar-refractivity contribution is 7.97. The Morgan fingerprint density at radius 1 is 0.742 bits per heavy atom. The van der Waals surface area contributed by atoms with E-state index in [4.69, 9.17) is 0 Å². The average molecular weight is 535 g/mol. The number of nitrogens with zero attached hydrogens (tertiary/aromatic N) is 1. The molecule has 0 saturated carbocycles. The SMILES string of the molecule is O=[N+]([O-])CC1C(S(=O)(=O)C(F)(F)F)=CC(S(=O)(=O)C(F)(F)F)C=C1S(=O)(=O)C(F)(F)F. The topological polar surface area (TPSA) is 146 Å². The van der Waals surface area contributed by atoms with Gasteiger partial charge in [0.05, 0.1) is 15.7 Å². The first-order chi connectivity index (χ1) is 13.4. The molecule has 0 aromatic rings. The predicted molar refractivity (Wildman–Crippen MR) is 80.2 cm³/mol. The molecule has 0 atom stereocenters. The molecule has 0 fully saturated rings. The molecule has 0 heterocycles. The van der Waals surface area contributed by atoms with E-state index in [0.717, 1.165) is 0 Å². The van der Waals surface area contributed by atoms with E-state index in [2.05, 4.69) is 0 Å². The lowest BCUT2D eigenvalue weighted by atomic mass is 10.0. The molecule has 9 nitrogen and oxygen atoms in total. The normalized spacial score (nSPS) is 22.0. The molecule has 21 heteroatoms. The van der Waals surface area contributed by atoms with Gasteiger partial charge < -0.3 is 0 Å². The zero-order chi connectivity index (χ0) is 25.0. The van der Waals surface area contributed by atoms with Crippen LogP contribution in [0.1, 0.15) is 0 Å². The summed E-state index contributed by atoms with van der Waals surface area (Å²) in [5.41, 5.74) is -19.4. The molecular formula is C10H6F9NO8S3. The molecule has 1 rings (SSSR count). The third kappa shape index (κ3) is 4.81. The van der Waals surface area contributed by atoms with Gasteiger partial charge in [-0.15, -0.1) is 0 Å². The molecule has 0 N–H and O–H groups in total. The second-order valence-corrected chi connectivity index (χ2v) is 11.5. The molecule has 0 saturated heterocycles. The van der Waals surface area contributed by atoms with E-state index in [0.29, 0.717) is 0 Å². The monoisotopic (exact) mass is 535 g/mol. The van der Waals surface area contributed by atoms with E-state index in [1.165, 1.54) is 0 Å². The van der Waals surface area contributed by atoms with Gasteiger partial charge in [0, 0.05) is 4.92 Å². The Balaban J connectivity index is 4.13. The lowest BCUT2D eigenvalue weighted by Gasteiger charge is -2.28. The van der Waals surface area contributed by atoms with E-state index >= 15 is 0 Å². The molecule has 0 radical (unpaired) electrons. The fourth-order valence-corrected chi connectivity index (χ4v) is 5.77. The number of alkyl halides is 9. The molecule has 1 aliphatic carbocycles. The Hall–Kier alpha value is -1.90. The van der Waals surface area contributed by atoms with Crippen LogP contribution in [0.15, 0.2) is 22.0 Å². The van der Waals surface area contributed by atoms with Crippen LogP contribution in [-0.2, 0) is 29.5 Å². The Bertz CT molecular complexity index is 1080. The van der Waals surface area contributed by atoms with E-state index < -0.39 is 90.6 Å². The van der Waals surface area contributed by atoms with E-state index in [1.54, 1.807) is 0 Å². The first kappa shape index (κ1) is 27.1. The third-order valence-electron chi connectivity index (χ3n) is 3.59. The van der Waals surface area contributed by atoms with E-state index in [1.807, 2.05) is 0 Å². The summed E-state index contributed by atoms with van der Waals surface area (Å²) >= 11 is 0. The van der Waals surface area contributed by atoms with Crippen LogP contribution in [0.25, 0.3) is 0 Å². The summed E-state index contributed by atoms with van der Waals surface area (Å²) in [5.74, 6) is -3.42. The summed E-state index contributed by atoms with van der Waals surface area (Å²) in [7, 11) is -20.9. The van der Waals surface area contributed by atoms with Gasteiger partial charge in [0.1, 0.15) is 5.25 Å². The molecule has 0 unspecified atom stereocenters. The van der Waals surface area contributed by atoms with Crippen molar-refractivity contribution in [2.45, 2.75) is 21.8 Å². The summed E-state index contributed by atoms with van der Waals surface area (Å²) in [6.45, 7) is -2.28. The summed E-state index contributed by atoms with van der Waals surface area (Å²) < 4.78 is 185. The fraction of sp³-hybridized carbons (Fsp3) is 0.600. The largest absolute Gasteiger partial charge is 0.501 e. The molecule has 0 amide bonds. The Morgan fingerprint density at radius 2 is 1.06 bits per heavy atom. The molecule has 0 aromatic heterocycles. The minimum atomic E-state index is -7.02. The number of halogens is 9. The Morgan fingerprint density at radius 3 is 1.29 bits per heavy atom. The van der Waals surface area contributed by atoms with Crippen LogP contribution >= 0.6 is 0 Å². The van der Waals surface area contributed by atoms with Crippen molar-refractivity contribution in [3.05, 3.63) is 32.1 Å². The lowest BCUT2D eigenvalue weighted by Crippen LogP contribution is -2.41. The van der Waals surface area contributed by atoms with Gasteiger partial charge in [0.15, 0.2) is 0 Å². The zero-order valence-corrected chi connectivity index (χ0v) is 16.3. The highest BCUT2D eigenvalue weighted by Gasteiger charge is 2.60. The van der Waals surface area contributed by atoms with E-state index in [-0.39, 0.29) is 0 Å². The maximum atomic E-state index is 12.9. The van der Waals surface area contributed by atoms with Crippen molar-refractivity contribution in [3.63, 3.8) is 0 Å². The van der Waals surface area contributed by atoms with Crippen molar-refractivity contribution >= 4 is 29.5 Å². The Kier molecular flexibility index (Phi) is 6.65. The summed E-state index contributed by atoms with van der Waals surface area (Å²) in [5, 5.41) is 6.96. The van der Waals surface area contributed by atoms with Crippen molar-refractivity contribution in [2.24, 2.45) is 5.92 Å². The quantitative estimate of drug-likeness (QED) is 0.295. The molecular weight excluding hydrogens is 529 g/mol. The molecule has 1 aliphatic rings. The van der Waals surface area contributed by atoms with Gasteiger partial charge in [-0.25, -0.2) is 25.3 Å². The number of rotatable bonds is 5. The minimum Gasteiger partial charge on any atom is -0.265 e. The minimum absolute atomic E-state index is 0.838. The van der Waals surface area contributed by atoms with Crippen LogP contribution in [0.3, 0.4) is 0 Å². The fourth-order valence-electron chi connectivity index (χ4n) is 2.23. The van der Waals surface area contributed by atoms with Gasteiger partial charge in [0.2, 0.25) is 6.54 Å². The summed E-state index contributed by atoms with van der Waals surface area (Å²) in [6.07, 6.45) is -1.68. The molecule has 0 aromatic carbocycles. The summed E-state index contributed by atoms with van der Waals surface area (Å²) in [6, 6.07) is 0. The van der Waals surface area contributed by atoms with Crippen LogP contribution in [-0.4, -0.2) is 58.5 Å². The maximum absolute atomic E-state index is 12.9. The summed E-state index contributed by atoms with van der Waals surface area (Å²) in [4.78, 5) is 3.57. The highest BCUT2D eigenvalue weighted by Crippen LogP contribution is 2.45. The number of sulfone groups is 3. The lowest BCUT2D eigenvalue weighted by molar-refractivity contribution is -0.484. The first-order valence-electron chi connectivity index (χ1n) is 6.87. The predicted octanol–water partition coefficient (Wildman–Crippen LogP) is 1.83. The van der Waals surface area contributed by atoms with Crippen LogP contribution in [0, 0.1) is 16.0 Å². The zero-order valence-electron chi connectivity index (χ0n) is 13.9. The van der Waals surface area contributed by atoms with Crippen molar-refractivity contribution in [3.8, 4) is 0 Å². The number of hydrogen-bond acceptors (Lipinski definition) is 8. The van der Waals surface area contributed by atoms with Gasteiger partial charge >= 0.3 is 16.5 Å². The van der Waals surface area contributed by atoms with E-state index in [9.17, 15) is 74.9 Å². The third-order valence-corrected chi connectivity index (χ3v) is 8.52. The highest BCUT2D eigenvalue weighted by atomic mass is 32.2. The van der Waals surface area contributed by atoms with Crippen LogP contribution in [0.4, 0.5) is 39.5 Å². The molecule has 31 heavy (non-hydrogen) atoms. The van der Waals surface area contributed by atoms with Crippen molar-refractivity contribution < 1.29 is 69.7 Å².